The number of fused-ring (bicyclic) bond motifs is 1. The standard InChI is InChI=1S/C14H16/c1-9-5-7-13-8-6-10(2)12(4)14(13)11(9)3/h5-8H,1-4H3. The Morgan fingerprint density at radius 3 is 1.50 bits per heavy atom. The van der Waals surface area contributed by atoms with Crippen LogP contribution in [0.1, 0.15) is 22.3 Å². The fourth-order valence-electron chi connectivity index (χ4n) is 2.01. The first-order valence-corrected chi connectivity index (χ1v) is 5.07. The average Bonchev–Trinajstić information content (AvgIpc) is 2.17. The van der Waals surface area contributed by atoms with Gasteiger partial charge in [-0.2, -0.15) is 0 Å². The van der Waals surface area contributed by atoms with E-state index in [1.54, 1.807) is 0 Å². The van der Waals surface area contributed by atoms with Gasteiger partial charge in [-0.15, -0.1) is 0 Å². The Hall–Kier alpha value is -1.30. The first-order chi connectivity index (χ1) is 6.61. The quantitative estimate of drug-likeness (QED) is 0.579. The number of aryl methyl sites for hydroxylation is 4. The van der Waals surface area contributed by atoms with Crippen molar-refractivity contribution in [3.05, 3.63) is 46.5 Å². The largest absolute Gasteiger partial charge is 0.0584 e. The summed E-state index contributed by atoms with van der Waals surface area (Å²) in [5.74, 6) is 0. The van der Waals surface area contributed by atoms with E-state index in [0.717, 1.165) is 0 Å². The van der Waals surface area contributed by atoms with E-state index in [4.69, 9.17) is 0 Å². The van der Waals surface area contributed by atoms with Crippen molar-refractivity contribution in [3.63, 3.8) is 0 Å². The van der Waals surface area contributed by atoms with Gasteiger partial charge in [-0.05, 0) is 60.7 Å². The Bertz CT molecular complexity index is 450. The maximum atomic E-state index is 2.21. The molecule has 0 nitrogen and oxygen atoms in total. The molecule has 2 aromatic carbocycles. The van der Waals surface area contributed by atoms with E-state index in [1.807, 2.05) is 0 Å². The van der Waals surface area contributed by atoms with E-state index in [9.17, 15) is 0 Å². The maximum absolute atomic E-state index is 2.21. The Labute approximate surface area is 85.6 Å². The molecule has 2 rings (SSSR count). The van der Waals surface area contributed by atoms with Crippen molar-refractivity contribution in [2.45, 2.75) is 27.7 Å². The molecule has 0 aromatic heterocycles. The molecule has 0 aliphatic rings. The maximum Gasteiger partial charge on any atom is -0.0120 e. The van der Waals surface area contributed by atoms with E-state index < -0.39 is 0 Å². The SMILES string of the molecule is Cc1ccc2ccc(C)c(C)c2c1C. The number of benzene rings is 2. The summed E-state index contributed by atoms with van der Waals surface area (Å²) >= 11 is 0. The van der Waals surface area contributed by atoms with Crippen LogP contribution in [0.25, 0.3) is 10.8 Å². The minimum atomic E-state index is 1.36. The summed E-state index contributed by atoms with van der Waals surface area (Å²) in [4.78, 5) is 0. The van der Waals surface area contributed by atoms with E-state index in [0.29, 0.717) is 0 Å². The molecule has 0 saturated carbocycles. The summed E-state index contributed by atoms with van der Waals surface area (Å²) in [6.45, 7) is 8.78. The number of rotatable bonds is 0. The lowest BCUT2D eigenvalue weighted by Crippen LogP contribution is -1.89. The highest BCUT2D eigenvalue weighted by molar-refractivity contribution is 5.90. The Morgan fingerprint density at radius 2 is 1.07 bits per heavy atom. The van der Waals surface area contributed by atoms with Gasteiger partial charge in [-0.25, -0.2) is 0 Å². The molecular formula is C14H16. The van der Waals surface area contributed by atoms with Crippen LogP contribution in [0.3, 0.4) is 0 Å². The summed E-state index contributed by atoms with van der Waals surface area (Å²) in [6.07, 6.45) is 0. The van der Waals surface area contributed by atoms with Crippen molar-refractivity contribution in [2.24, 2.45) is 0 Å². The van der Waals surface area contributed by atoms with Gasteiger partial charge in [0, 0.05) is 0 Å². The highest BCUT2D eigenvalue weighted by Gasteiger charge is 2.04. The third-order valence-corrected chi connectivity index (χ3v) is 3.25. The van der Waals surface area contributed by atoms with E-state index in [-0.39, 0.29) is 0 Å². The molecule has 0 heterocycles. The Balaban J connectivity index is 2.98. The summed E-state index contributed by atoms with van der Waals surface area (Å²) in [6, 6.07) is 8.83. The molecule has 0 spiro atoms. The van der Waals surface area contributed by atoms with Gasteiger partial charge in [0.15, 0.2) is 0 Å². The van der Waals surface area contributed by atoms with Gasteiger partial charge in [0.1, 0.15) is 0 Å². The lowest BCUT2D eigenvalue weighted by atomic mass is 9.95. The second-order valence-electron chi connectivity index (χ2n) is 4.11. The molecule has 72 valence electrons. The summed E-state index contributed by atoms with van der Waals surface area (Å²) in [7, 11) is 0. The molecule has 0 atom stereocenters. The van der Waals surface area contributed by atoms with Crippen molar-refractivity contribution in [2.75, 3.05) is 0 Å². The number of hydrogen-bond donors (Lipinski definition) is 0. The van der Waals surface area contributed by atoms with Crippen molar-refractivity contribution >= 4 is 10.8 Å². The van der Waals surface area contributed by atoms with Crippen LogP contribution < -0.4 is 0 Å². The highest BCUT2D eigenvalue weighted by atomic mass is 14.1. The minimum absolute atomic E-state index is 1.36. The first kappa shape index (κ1) is 9.26. The van der Waals surface area contributed by atoms with E-state index >= 15 is 0 Å². The van der Waals surface area contributed by atoms with Crippen molar-refractivity contribution in [3.8, 4) is 0 Å². The molecule has 0 unspecified atom stereocenters. The van der Waals surface area contributed by atoms with E-state index in [2.05, 4.69) is 52.0 Å². The molecule has 0 fully saturated rings. The minimum Gasteiger partial charge on any atom is -0.0584 e. The van der Waals surface area contributed by atoms with Crippen LogP contribution in [0, 0.1) is 27.7 Å². The van der Waals surface area contributed by atoms with Gasteiger partial charge >= 0.3 is 0 Å². The predicted octanol–water partition coefficient (Wildman–Crippen LogP) is 4.07. The summed E-state index contributed by atoms with van der Waals surface area (Å²) in [5.41, 5.74) is 5.60. The molecule has 0 aliphatic carbocycles. The second-order valence-corrected chi connectivity index (χ2v) is 4.11. The Kier molecular flexibility index (Phi) is 2.07. The van der Waals surface area contributed by atoms with Crippen LogP contribution in [-0.4, -0.2) is 0 Å². The molecule has 0 saturated heterocycles. The third kappa shape index (κ3) is 1.22. The molecule has 0 amide bonds. The molecule has 2 aromatic rings. The van der Waals surface area contributed by atoms with Gasteiger partial charge in [0.25, 0.3) is 0 Å². The molecule has 0 aliphatic heterocycles. The predicted molar refractivity (Wildman–Crippen MR) is 62.9 cm³/mol. The average molecular weight is 184 g/mol. The van der Waals surface area contributed by atoms with Gasteiger partial charge in [-0.1, -0.05) is 24.3 Å². The van der Waals surface area contributed by atoms with Crippen molar-refractivity contribution in [1.29, 1.82) is 0 Å². The fourth-order valence-corrected chi connectivity index (χ4v) is 2.01. The van der Waals surface area contributed by atoms with Crippen LogP contribution in [-0.2, 0) is 0 Å². The molecule has 0 heteroatoms. The Morgan fingerprint density at radius 1 is 0.643 bits per heavy atom. The lowest BCUT2D eigenvalue weighted by Gasteiger charge is -2.10. The van der Waals surface area contributed by atoms with Gasteiger partial charge in [0.2, 0.25) is 0 Å². The first-order valence-electron chi connectivity index (χ1n) is 5.07. The lowest BCUT2D eigenvalue weighted by molar-refractivity contribution is 1.33. The van der Waals surface area contributed by atoms with Crippen LogP contribution >= 0.6 is 0 Å². The molecule has 0 N–H and O–H groups in total. The second kappa shape index (κ2) is 3.13. The van der Waals surface area contributed by atoms with Crippen LogP contribution in [0.4, 0.5) is 0 Å². The van der Waals surface area contributed by atoms with Gasteiger partial charge in [-0.3, -0.25) is 0 Å². The molecular weight excluding hydrogens is 168 g/mol. The van der Waals surface area contributed by atoms with Crippen LogP contribution in [0.2, 0.25) is 0 Å². The zero-order valence-electron chi connectivity index (χ0n) is 9.31. The topological polar surface area (TPSA) is 0 Å². The van der Waals surface area contributed by atoms with Gasteiger partial charge in [0.05, 0.1) is 0 Å². The smallest absolute Gasteiger partial charge is 0.0120 e. The molecule has 0 radical (unpaired) electrons. The molecule has 14 heavy (non-hydrogen) atoms. The van der Waals surface area contributed by atoms with Crippen molar-refractivity contribution in [1.82, 2.24) is 0 Å². The number of hydrogen-bond acceptors (Lipinski definition) is 0. The highest BCUT2D eigenvalue weighted by Crippen LogP contribution is 2.26. The normalized spacial score (nSPS) is 10.9. The monoisotopic (exact) mass is 184 g/mol. The van der Waals surface area contributed by atoms with E-state index in [1.165, 1.54) is 33.0 Å². The van der Waals surface area contributed by atoms with Gasteiger partial charge < -0.3 is 0 Å². The van der Waals surface area contributed by atoms with Crippen LogP contribution in [0.5, 0.6) is 0 Å². The summed E-state index contributed by atoms with van der Waals surface area (Å²) in [5, 5.41) is 2.79. The fraction of sp³-hybridized carbons (Fsp3) is 0.286. The van der Waals surface area contributed by atoms with Crippen LogP contribution in [0.15, 0.2) is 24.3 Å². The zero-order valence-corrected chi connectivity index (χ0v) is 9.31. The third-order valence-electron chi connectivity index (χ3n) is 3.25. The van der Waals surface area contributed by atoms with Crippen molar-refractivity contribution < 1.29 is 0 Å². The zero-order chi connectivity index (χ0) is 10.3. The molecule has 0 bridgehead atoms. The summed E-state index contributed by atoms with van der Waals surface area (Å²) < 4.78 is 0.